The number of rotatable bonds is 5. The quantitative estimate of drug-likeness (QED) is 0.488. The van der Waals surface area contributed by atoms with Crippen LogP contribution in [0.15, 0.2) is 48.8 Å². The number of anilines is 1. The molecular weight excluding hydrogens is 534 g/mol. The summed E-state index contributed by atoms with van der Waals surface area (Å²) in [7, 11) is -2.88. The summed E-state index contributed by atoms with van der Waals surface area (Å²) in [5.74, 6) is 0.0965. The molecule has 40 heavy (non-hydrogen) atoms. The molecule has 7 rings (SSSR count). The van der Waals surface area contributed by atoms with Crippen LogP contribution in [0.25, 0.3) is 11.3 Å². The molecule has 2 bridgehead atoms. The Morgan fingerprint density at radius 3 is 2.55 bits per heavy atom. The van der Waals surface area contributed by atoms with Crippen LogP contribution in [0.2, 0.25) is 0 Å². The summed E-state index contributed by atoms with van der Waals surface area (Å²) < 4.78 is 52.3. The maximum absolute atomic E-state index is 14.6. The molecule has 1 aromatic carbocycles. The van der Waals surface area contributed by atoms with Crippen molar-refractivity contribution in [2.45, 2.75) is 44.9 Å². The minimum absolute atomic E-state index is 0.106. The molecule has 3 aromatic rings. The molecule has 4 aliphatic rings. The van der Waals surface area contributed by atoms with Crippen molar-refractivity contribution in [1.82, 2.24) is 25.7 Å². The number of fused-ring (bicyclic) bond motifs is 5. The van der Waals surface area contributed by atoms with Gasteiger partial charge in [0.2, 0.25) is 0 Å². The third kappa shape index (κ3) is 3.63. The summed E-state index contributed by atoms with van der Waals surface area (Å²) in [4.78, 5) is 5.14. The molecule has 2 aliphatic heterocycles. The van der Waals surface area contributed by atoms with E-state index in [1.807, 2.05) is 41.5 Å². The second-order valence-corrected chi connectivity index (χ2v) is 14.3. The molecule has 11 heteroatoms. The third-order valence-electron chi connectivity index (χ3n) is 9.31. The first-order chi connectivity index (χ1) is 19.0. The third-order valence-corrected chi connectivity index (χ3v) is 11.3. The summed E-state index contributed by atoms with van der Waals surface area (Å²) in [6, 6.07) is 9.73. The minimum atomic E-state index is -2.88. The Morgan fingerprint density at radius 1 is 1.07 bits per heavy atom. The number of hydrogen-bond donors (Lipinski definition) is 1. The van der Waals surface area contributed by atoms with Gasteiger partial charge in [0.15, 0.2) is 9.84 Å². The molecule has 8 nitrogen and oxygen atoms in total. The number of halogens is 2. The van der Waals surface area contributed by atoms with Gasteiger partial charge in [-0.3, -0.25) is 5.01 Å². The van der Waals surface area contributed by atoms with Crippen LogP contribution < -0.4 is 10.5 Å². The molecule has 1 saturated heterocycles. The molecule has 2 fully saturated rings. The van der Waals surface area contributed by atoms with E-state index in [0.717, 1.165) is 41.2 Å². The van der Waals surface area contributed by atoms with Crippen LogP contribution in [-0.2, 0) is 15.3 Å². The van der Waals surface area contributed by atoms with Crippen LogP contribution >= 0.6 is 0 Å². The number of nitrogens with one attached hydrogen (secondary N) is 1. The van der Waals surface area contributed by atoms with Gasteiger partial charge >= 0.3 is 0 Å². The summed E-state index contributed by atoms with van der Waals surface area (Å²) in [6.45, 7) is 7.08. The van der Waals surface area contributed by atoms with Crippen molar-refractivity contribution in [3.05, 3.63) is 82.9 Å². The topological polar surface area (TPSA) is 91.3 Å². The Balaban J connectivity index is 1.24. The van der Waals surface area contributed by atoms with Gasteiger partial charge in [0.05, 0.1) is 39.6 Å². The van der Waals surface area contributed by atoms with Crippen LogP contribution in [0.3, 0.4) is 0 Å². The number of hydrogen-bond acceptors (Lipinski definition) is 8. The van der Waals surface area contributed by atoms with Crippen LogP contribution in [-0.4, -0.2) is 46.7 Å². The lowest BCUT2D eigenvalue weighted by Crippen LogP contribution is -2.48. The number of nitrogens with zero attached hydrogens (tertiary/aromatic N) is 5. The van der Waals surface area contributed by atoms with Gasteiger partial charge in [-0.1, -0.05) is 19.9 Å². The first-order valence-electron chi connectivity index (χ1n) is 13.5. The number of aromatic nitrogens is 3. The second-order valence-electron chi connectivity index (χ2n) is 12.1. The average molecular weight is 565 g/mol. The van der Waals surface area contributed by atoms with Crippen molar-refractivity contribution in [1.29, 1.82) is 0 Å². The lowest BCUT2D eigenvalue weighted by Gasteiger charge is -2.38. The van der Waals surface area contributed by atoms with Gasteiger partial charge in [-0.15, -0.1) is 10.6 Å². The highest BCUT2D eigenvalue weighted by atomic mass is 32.2. The Labute approximate surface area is 232 Å². The predicted molar refractivity (Wildman–Crippen MR) is 146 cm³/mol. The van der Waals surface area contributed by atoms with Gasteiger partial charge in [0.25, 0.3) is 0 Å². The van der Waals surface area contributed by atoms with E-state index in [0.29, 0.717) is 6.54 Å². The summed E-state index contributed by atoms with van der Waals surface area (Å²) >= 11 is 0. The zero-order chi connectivity index (χ0) is 28.0. The van der Waals surface area contributed by atoms with Crippen molar-refractivity contribution in [2.75, 3.05) is 23.1 Å². The normalized spacial score (nSPS) is 25.9. The minimum Gasteiger partial charge on any atom is -0.296 e. The van der Waals surface area contributed by atoms with Crippen molar-refractivity contribution >= 4 is 15.7 Å². The molecule has 0 radical (unpaired) electrons. The zero-order valence-electron chi connectivity index (χ0n) is 22.5. The van der Waals surface area contributed by atoms with Crippen LogP contribution in [0.4, 0.5) is 14.6 Å². The van der Waals surface area contributed by atoms with Crippen molar-refractivity contribution in [3.8, 4) is 11.3 Å². The van der Waals surface area contributed by atoms with Crippen LogP contribution in [0.1, 0.15) is 55.1 Å². The van der Waals surface area contributed by atoms with Gasteiger partial charge < -0.3 is 0 Å². The lowest BCUT2D eigenvalue weighted by molar-refractivity contribution is 0.241. The largest absolute Gasteiger partial charge is 0.296 e. The summed E-state index contributed by atoms with van der Waals surface area (Å²) in [5.41, 5.74) is 6.34. The number of aryl methyl sites for hydroxylation is 1. The van der Waals surface area contributed by atoms with Crippen LogP contribution in [0, 0.1) is 29.9 Å². The molecule has 2 atom stereocenters. The number of benzene rings is 1. The second kappa shape index (κ2) is 8.53. The maximum Gasteiger partial charge on any atom is 0.151 e. The zero-order valence-corrected chi connectivity index (χ0v) is 23.3. The Kier molecular flexibility index (Phi) is 5.44. The van der Waals surface area contributed by atoms with Gasteiger partial charge in [-0.2, -0.15) is 5.10 Å². The van der Waals surface area contributed by atoms with E-state index in [1.165, 1.54) is 18.2 Å². The Morgan fingerprint density at radius 2 is 1.82 bits per heavy atom. The first kappa shape index (κ1) is 25.5. The van der Waals surface area contributed by atoms with Gasteiger partial charge in [-0.25, -0.2) is 27.2 Å². The fraction of sp³-hybridized carbons (Fsp3) is 0.414. The van der Waals surface area contributed by atoms with Crippen molar-refractivity contribution in [2.24, 2.45) is 11.3 Å². The highest BCUT2D eigenvalue weighted by Crippen LogP contribution is 2.69. The molecule has 2 aromatic heterocycles. The predicted octanol–water partition coefficient (Wildman–Crippen LogP) is 4.39. The van der Waals surface area contributed by atoms with Crippen molar-refractivity contribution < 1.29 is 17.2 Å². The molecule has 1 saturated carbocycles. The number of pyridine rings is 1. The molecule has 4 heterocycles. The lowest BCUT2D eigenvalue weighted by atomic mass is 9.66. The molecule has 208 valence electrons. The standard InChI is InChI=1S/C29H30F2N6O2S/c1-17-11-24(32-25(12-17)37-10-9-36(35-37)14-18-15-40(38,39)16-18)29-8-7-20(28(29,2)3)19-13-23(33-34-27(19)29)26-21(30)5-4-6-22(26)31/h4-6,9-13,18,20,35H,7-8,14-16H2,1-3H3/t20-,29-/m0/s1. The molecule has 0 unspecified atom stereocenters. The van der Waals surface area contributed by atoms with E-state index in [1.54, 1.807) is 0 Å². The molecule has 2 aliphatic carbocycles. The van der Waals surface area contributed by atoms with E-state index in [4.69, 9.17) is 4.98 Å². The fourth-order valence-corrected chi connectivity index (χ4v) is 8.93. The smallest absolute Gasteiger partial charge is 0.151 e. The highest BCUT2D eigenvalue weighted by molar-refractivity contribution is 7.92. The Bertz CT molecular complexity index is 1660. The summed E-state index contributed by atoms with van der Waals surface area (Å²) in [6.07, 6.45) is 5.54. The fourth-order valence-electron chi connectivity index (χ4n) is 7.38. The maximum atomic E-state index is 14.6. The van der Waals surface area contributed by atoms with Gasteiger partial charge in [0.1, 0.15) is 17.5 Å². The first-order valence-corrected chi connectivity index (χ1v) is 15.3. The molecule has 0 spiro atoms. The van der Waals surface area contributed by atoms with Crippen molar-refractivity contribution in [3.63, 3.8) is 0 Å². The highest BCUT2D eigenvalue weighted by Gasteiger charge is 2.65. The van der Waals surface area contributed by atoms with Crippen LogP contribution in [0.5, 0.6) is 0 Å². The number of hydrazine groups is 2. The molecule has 1 N–H and O–H groups in total. The van der Waals surface area contributed by atoms with E-state index < -0.39 is 26.9 Å². The SMILES string of the molecule is Cc1cc(N2C=CN(CC3CS(=O)(=O)C3)N2)nc([C@@]23CC[C@@H](c4cc(-c5c(F)cccc5F)nnc42)C3(C)C)c1. The van der Waals surface area contributed by atoms with E-state index in [-0.39, 0.29) is 40.0 Å². The van der Waals surface area contributed by atoms with Gasteiger partial charge in [-0.05, 0) is 72.6 Å². The Hall–Kier alpha value is -3.44. The van der Waals surface area contributed by atoms with E-state index in [2.05, 4.69) is 35.6 Å². The monoisotopic (exact) mass is 564 g/mol. The number of sulfone groups is 1. The molecule has 0 amide bonds. The van der Waals surface area contributed by atoms with E-state index >= 15 is 0 Å². The molecular formula is C29H30F2N6O2S. The summed E-state index contributed by atoms with van der Waals surface area (Å²) in [5, 5.41) is 12.7. The van der Waals surface area contributed by atoms with Gasteiger partial charge in [0, 0.05) is 24.9 Å². The van der Waals surface area contributed by atoms with E-state index in [9.17, 15) is 17.2 Å². The average Bonchev–Trinajstić information content (AvgIpc) is 3.50.